The van der Waals surface area contributed by atoms with Crippen LogP contribution < -0.4 is 5.32 Å². The van der Waals surface area contributed by atoms with Gasteiger partial charge in [-0.25, -0.2) is 14.2 Å². The smallest absolute Gasteiger partial charge is 0.367 e. The van der Waals surface area contributed by atoms with Crippen LogP contribution in [-0.4, -0.2) is 59.5 Å². The number of nitrogens with one attached hydrogen (secondary N) is 1. The average Bonchev–Trinajstić information content (AvgIpc) is 3.09. The molecule has 6 rings (SSSR count). The zero-order valence-corrected chi connectivity index (χ0v) is 20.9. The molecule has 4 aliphatic rings. The Morgan fingerprint density at radius 1 is 1.25 bits per heavy atom. The van der Waals surface area contributed by atoms with Gasteiger partial charge in [0.15, 0.2) is 6.10 Å². The second-order valence-corrected chi connectivity index (χ2v) is 10.9. The van der Waals surface area contributed by atoms with Crippen molar-refractivity contribution in [3.63, 3.8) is 0 Å². The van der Waals surface area contributed by atoms with E-state index >= 15 is 0 Å². The van der Waals surface area contributed by atoms with E-state index in [1.54, 1.807) is 6.07 Å². The number of fused-ring (bicyclic) bond motifs is 2. The normalized spacial score (nSPS) is 29.8. The van der Waals surface area contributed by atoms with Crippen molar-refractivity contribution < 1.29 is 28.2 Å². The fourth-order valence-corrected chi connectivity index (χ4v) is 6.97. The van der Waals surface area contributed by atoms with Gasteiger partial charge in [-0.15, -0.1) is 0 Å². The van der Waals surface area contributed by atoms with Gasteiger partial charge in [0.25, 0.3) is 0 Å². The summed E-state index contributed by atoms with van der Waals surface area (Å²) in [7, 11) is 0. The van der Waals surface area contributed by atoms with Crippen LogP contribution in [0.3, 0.4) is 0 Å². The number of carbonyl (C=O) groups is 1. The Kier molecular flexibility index (Phi) is 6.01. The molecule has 0 saturated carbocycles. The summed E-state index contributed by atoms with van der Waals surface area (Å²) in [5.74, 6) is -0.0894. The number of hydrogen-bond donors (Lipinski definition) is 2. The second kappa shape index (κ2) is 9.08. The Morgan fingerprint density at radius 2 is 2.11 bits per heavy atom. The number of hydrogen-bond acceptors (Lipinski definition) is 5. The van der Waals surface area contributed by atoms with Crippen LogP contribution in [0.1, 0.15) is 66.6 Å². The lowest BCUT2D eigenvalue weighted by atomic mass is 9.89. The monoisotopic (exact) mass is 496 g/mol. The summed E-state index contributed by atoms with van der Waals surface area (Å²) in [5.41, 5.74) is 3.69. The van der Waals surface area contributed by atoms with Gasteiger partial charge in [-0.1, -0.05) is 12.5 Å². The summed E-state index contributed by atoms with van der Waals surface area (Å²) in [5, 5.41) is 13.6. The van der Waals surface area contributed by atoms with Crippen molar-refractivity contribution in [2.45, 2.75) is 69.7 Å². The molecule has 1 fully saturated rings. The first-order chi connectivity index (χ1) is 17.4. The molecule has 1 saturated heterocycles. The van der Waals surface area contributed by atoms with E-state index in [-0.39, 0.29) is 16.4 Å². The third kappa shape index (κ3) is 3.64. The molecule has 2 aromatic rings. The van der Waals surface area contributed by atoms with E-state index in [9.17, 15) is 14.3 Å². The predicted octanol–water partition coefficient (Wildman–Crippen LogP) is 4.09. The standard InChI is InChI=1S/C28H34FN3O4/c1-28-24-21(12-15-36-28)23(29)11-10-22(24)25(27(33)34)32(28)16-20(17-32)35-14-4-2-3-7-19-9-8-18-6-5-13-30-26(18)31-19/h8-11,20,25H,2-7,12-17H2,1H3,(H-,30,31,33,34)/p+1. The van der Waals surface area contributed by atoms with Gasteiger partial charge >= 0.3 is 5.97 Å². The van der Waals surface area contributed by atoms with Crippen molar-refractivity contribution in [1.29, 1.82) is 0 Å². The van der Waals surface area contributed by atoms with E-state index in [4.69, 9.17) is 14.5 Å². The summed E-state index contributed by atoms with van der Waals surface area (Å²) in [6, 6.07) is 6.67. The fraction of sp³-hybridized carbons (Fsp3) is 0.571. The second-order valence-electron chi connectivity index (χ2n) is 10.9. The van der Waals surface area contributed by atoms with Crippen LogP contribution in [0.4, 0.5) is 10.2 Å². The van der Waals surface area contributed by atoms with Crippen LogP contribution in [0, 0.1) is 5.82 Å². The molecule has 1 aromatic heterocycles. The number of halogens is 1. The van der Waals surface area contributed by atoms with E-state index in [0.717, 1.165) is 55.7 Å². The highest BCUT2D eigenvalue weighted by molar-refractivity contribution is 5.76. The van der Waals surface area contributed by atoms with Gasteiger partial charge in [0.2, 0.25) is 11.8 Å². The van der Waals surface area contributed by atoms with Crippen LogP contribution >= 0.6 is 0 Å². The number of carboxylic acids is 1. The number of quaternary nitrogens is 1. The molecule has 192 valence electrons. The molecule has 2 unspecified atom stereocenters. The molecule has 5 heterocycles. The van der Waals surface area contributed by atoms with E-state index in [1.807, 2.05) is 6.92 Å². The largest absolute Gasteiger partial charge is 0.477 e. The number of nitrogens with zero attached hydrogens (tertiary/aromatic N) is 2. The Hall–Kier alpha value is -2.55. The summed E-state index contributed by atoms with van der Waals surface area (Å²) in [6.07, 6.45) is 6.81. The average molecular weight is 497 g/mol. The molecule has 2 atom stereocenters. The first-order valence-electron chi connectivity index (χ1n) is 13.3. The highest BCUT2D eigenvalue weighted by Gasteiger charge is 2.71. The van der Waals surface area contributed by atoms with Crippen molar-refractivity contribution in [3.05, 3.63) is 58.0 Å². The lowest BCUT2D eigenvalue weighted by Crippen LogP contribution is -2.74. The molecule has 36 heavy (non-hydrogen) atoms. The quantitative estimate of drug-likeness (QED) is 0.423. The topological polar surface area (TPSA) is 80.7 Å². The number of unbranched alkanes of at least 4 members (excludes halogenated alkanes) is 2. The minimum absolute atomic E-state index is 0.00908. The number of pyridine rings is 1. The highest BCUT2D eigenvalue weighted by atomic mass is 19.1. The van der Waals surface area contributed by atoms with E-state index in [1.165, 1.54) is 18.1 Å². The maximum atomic E-state index is 14.6. The molecule has 8 heteroatoms. The van der Waals surface area contributed by atoms with Crippen LogP contribution in [-0.2, 0) is 39.3 Å². The lowest BCUT2D eigenvalue weighted by Gasteiger charge is -2.57. The number of anilines is 1. The molecule has 4 aliphatic heterocycles. The molecule has 0 bridgehead atoms. The van der Waals surface area contributed by atoms with Gasteiger partial charge in [-0.05, 0) is 62.3 Å². The molecule has 2 N–H and O–H groups in total. The third-order valence-electron chi connectivity index (χ3n) is 8.80. The first kappa shape index (κ1) is 23.8. The Labute approximate surface area is 211 Å². The van der Waals surface area contributed by atoms with Gasteiger partial charge in [0.1, 0.15) is 24.7 Å². The summed E-state index contributed by atoms with van der Waals surface area (Å²) < 4.78 is 27.3. The van der Waals surface area contributed by atoms with Crippen LogP contribution in [0.15, 0.2) is 24.3 Å². The van der Waals surface area contributed by atoms with Crippen LogP contribution in [0.25, 0.3) is 0 Å². The number of aromatic nitrogens is 1. The van der Waals surface area contributed by atoms with Gasteiger partial charge < -0.3 is 19.9 Å². The number of carboxylic acid groups (broad SMARTS) is 1. The highest BCUT2D eigenvalue weighted by Crippen LogP contribution is 2.59. The predicted molar refractivity (Wildman–Crippen MR) is 132 cm³/mol. The van der Waals surface area contributed by atoms with Crippen LogP contribution in [0.2, 0.25) is 0 Å². The Morgan fingerprint density at radius 3 is 2.94 bits per heavy atom. The molecule has 0 amide bonds. The zero-order chi connectivity index (χ0) is 24.9. The Balaban J connectivity index is 1.03. The molecule has 1 aromatic carbocycles. The van der Waals surface area contributed by atoms with Crippen LogP contribution in [0.5, 0.6) is 0 Å². The maximum Gasteiger partial charge on any atom is 0.367 e. The molecular weight excluding hydrogens is 461 g/mol. The Bertz CT molecular complexity index is 1180. The zero-order valence-electron chi connectivity index (χ0n) is 20.9. The molecule has 0 radical (unpaired) electrons. The fourth-order valence-electron chi connectivity index (χ4n) is 6.97. The minimum Gasteiger partial charge on any atom is -0.477 e. The number of aryl methyl sites for hydroxylation is 2. The molecule has 1 spiro atoms. The van der Waals surface area contributed by atoms with Crippen molar-refractivity contribution in [2.24, 2.45) is 0 Å². The van der Waals surface area contributed by atoms with Crippen molar-refractivity contribution in [2.75, 3.05) is 38.2 Å². The minimum atomic E-state index is -0.882. The van der Waals surface area contributed by atoms with Gasteiger partial charge in [0, 0.05) is 36.9 Å². The van der Waals surface area contributed by atoms with Crippen molar-refractivity contribution in [3.8, 4) is 0 Å². The van der Waals surface area contributed by atoms with Gasteiger partial charge in [-0.3, -0.25) is 4.48 Å². The molecular formula is C28H35FN3O4+. The third-order valence-corrected chi connectivity index (χ3v) is 8.80. The lowest BCUT2D eigenvalue weighted by molar-refractivity contribution is -1.05. The number of aliphatic carboxylic acids is 1. The SMILES string of the molecule is CC12OCCc3c(F)ccc(c31)C(C(=O)O)[N+]21CC(OCCCCCc2ccc3c(n2)NCCC3)C1. The van der Waals surface area contributed by atoms with Gasteiger partial charge in [0.05, 0.1) is 12.2 Å². The summed E-state index contributed by atoms with van der Waals surface area (Å²) >= 11 is 0. The summed E-state index contributed by atoms with van der Waals surface area (Å²) in [4.78, 5) is 17.2. The van der Waals surface area contributed by atoms with Gasteiger partial charge in [-0.2, -0.15) is 0 Å². The van der Waals surface area contributed by atoms with Crippen molar-refractivity contribution in [1.82, 2.24) is 4.98 Å². The molecule has 7 nitrogen and oxygen atoms in total. The number of ether oxygens (including phenoxy) is 2. The maximum absolute atomic E-state index is 14.6. The first-order valence-corrected chi connectivity index (χ1v) is 13.3. The van der Waals surface area contributed by atoms with E-state index in [0.29, 0.717) is 43.9 Å². The number of rotatable bonds is 8. The van der Waals surface area contributed by atoms with E-state index < -0.39 is 17.7 Å². The molecule has 0 aliphatic carbocycles. The number of benzene rings is 1. The van der Waals surface area contributed by atoms with Crippen molar-refractivity contribution >= 4 is 11.8 Å². The summed E-state index contributed by atoms with van der Waals surface area (Å²) in [6.45, 7) is 5.13. The van der Waals surface area contributed by atoms with E-state index in [2.05, 4.69) is 17.4 Å².